The van der Waals surface area contributed by atoms with Gasteiger partial charge in [0.25, 0.3) is 0 Å². The Morgan fingerprint density at radius 1 is 1.35 bits per heavy atom. The van der Waals surface area contributed by atoms with Gasteiger partial charge in [-0.3, -0.25) is 4.79 Å². The van der Waals surface area contributed by atoms with Crippen LogP contribution in [0.2, 0.25) is 0 Å². The molecule has 1 aromatic rings. The number of carbonyl (C=O) groups is 1. The van der Waals surface area contributed by atoms with Crippen molar-refractivity contribution in [2.24, 2.45) is 0 Å². The predicted molar refractivity (Wildman–Crippen MR) is 65.6 cm³/mol. The number of ether oxygens (including phenoxy) is 1. The average Bonchev–Trinajstić information content (AvgIpc) is 2.91. The van der Waals surface area contributed by atoms with Crippen molar-refractivity contribution in [2.75, 3.05) is 13.2 Å². The van der Waals surface area contributed by atoms with Gasteiger partial charge in [0.15, 0.2) is 5.78 Å². The van der Waals surface area contributed by atoms with Gasteiger partial charge >= 0.3 is 0 Å². The SMILES string of the molecule is O=C(c1ccc2c(c1)CCCO2)C1CCCN1. The van der Waals surface area contributed by atoms with Gasteiger partial charge in [-0.25, -0.2) is 0 Å². The Hall–Kier alpha value is -1.35. The number of fused-ring (bicyclic) bond motifs is 1. The number of benzene rings is 1. The Morgan fingerprint density at radius 3 is 3.12 bits per heavy atom. The molecule has 1 fully saturated rings. The molecule has 0 spiro atoms. The molecule has 1 atom stereocenters. The maximum absolute atomic E-state index is 12.2. The van der Waals surface area contributed by atoms with Crippen molar-refractivity contribution in [1.29, 1.82) is 0 Å². The highest BCUT2D eigenvalue weighted by Crippen LogP contribution is 2.26. The zero-order valence-electron chi connectivity index (χ0n) is 9.87. The minimum atomic E-state index is 0.0255. The molecule has 90 valence electrons. The van der Waals surface area contributed by atoms with Crippen LogP contribution in [0.3, 0.4) is 0 Å². The van der Waals surface area contributed by atoms with Gasteiger partial charge in [0.1, 0.15) is 5.75 Å². The number of hydrogen-bond donors (Lipinski definition) is 1. The zero-order chi connectivity index (χ0) is 11.7. The van der Waals surface area contributed by atoms with E-state index in [9.17, 15) is 4.79 Å². The molecular weight excluding hydrogens is 214 g/mol. The highest BCUT2D eigenvalue weighted by atomic mass is 16.5. The smallest absolute Gasteiger partial charge is 0.179 e. The lowest BCUT2D eigenvalue weighted by atomic mass is 9.98. The molecule has 3 rings (SSSR count). The first-order valence-corrected chi connectivity index (χ1v) is 6.38. The highest BCUT2D eigenvalue weighted by molar-refractivity contribution is 6.00. The molecule has 3 nitrogen and oxygen atoms in total. The first-order valence-electron chi connectivity index (χ1n) is 6.38. The van der Waals surface area contributed by atoms with Gasteiger partial charge < -0.3 is 10.1 Å². The van der Waals surface area contributed by atoms with Crippen LogP contribution >= 0.6 is 0 Å². The standard InChI is InChI=1S/C14H17NO2/c16-14(12-4-1-7-15-12)11-5-6-13-10(9-11)3-2-8-17-13/h5-6,9,12,15H,1-4,7-8H2. The second kappa shape index (κ2) is 4.49. The van der Waals surface area contributed by atoms with Gasteiger partial charge in [0.2, 0.25) is 0 Å². The first kappa shape index (κ1) is 10.8. The number of nitrogens with one attached hydrogen (secondary N) is 1. The van der Waals surface area contributed by atoms with Crippen molar-refractivity contribution in [2.45, 2.75) is 31.7 Å². The Balaban J connectivity index is 1.85. The molecule has 0 radical (unpaired) electrons. The number of hydrogen-bond acceptors (Lipinski definition) is 3. The van der Waals surface area contributed by atoms with Gasteiger partial charge in [-0.05, 0) is 56.0 Å². The van der Waals surface area contributed by atoms with E-state index in [-0.39, 0.29) is 11.8 Å². The van der Waals surface area contributed by atoms with Crippen LogP contribution in [0, 0.1) is 0 Å². The molecule has 0 saturated carbocycles. The molecular formula is C14H17NO2. The Morgan fingerprint density at radius 2 is 2.29 bits per heavy atom. The van der Waals surface area contributed by atoms with Crippen molar-refractivity contribution < 1.29 is 9.53 Å². The van der Waals surface area contributed by atoms with Gasteiger partial charge in [-0.2, -0.15) is 0 Å². The molecule has 2 aliphatic heterocycles. The number of aryl methyl sites for hydroxylation is 1. The van der Waals surface area contributed by atoms with Crippen LogP contribution in [0.1, 0.15) is 35.2 Å². The largest absolute Gasteiger partial charge is 0.493 e. The fourth-order valence-electron chi connectivity index (χ4n) is 2.62. The van der Waals surface area contributed by atoms with Crippen molar-refractivity contribution in [3.05, 3.63) is 29.3 Å². The number of ketones is 1. The van der Waals surface area contributed by atoms with Crippen LogP contribution < -0.4 is 10.1 Å². The lowest BCUT2D eigenvalue weighted by Gasteiger charge is -2.18. The van der Waals surface area contributed by atoms with Crippen LogP contribution in [0.4, 0.5) is 0 Å². The minimum absolute atomic E-state index is 0.0255. The molecule has 1 unspecified atom stereocenters. The quantitative estimate of drug-likeness (QED) is 0.791. The van der Waals surface area contributed by atoms with E-state index in [4.69, 9.17) is 4.74 Å². The Labute approximate surface area is 101 Å². The summed E-state index contributed by atoms with van der Waals surface area (Å²) in [7, 11) is 0. The fraction of sp³-hybridized carbons (Fsp3) is 0.500. The Kier molecular flexibility index (Phi) is 2.85. The summed E-state index contributed by atoms with van der Waals surface area (Å²) in [6, 6.07) is 5.87. The van der Waals surface area contributed by atoms with Crippen molar-refractivity contribution >= 4 is 5.78 Å². The lowest BCUT2D eigenvalue weighted by molar-refractivity contribution is 0.0952. The van der Waals surface area contributed by atoms with Gasteiger partial charge in [0, 0.05) is 5.56 Å². The van der Waals surface area contributed by atoms with E-state index >= 15 is 0 Å². The predicted octanol–water partition coefficient (Wildman–Crippen LogP) is 1.95. The monoisotopic (exact) mass is 231 g/mol. The molecule has 3 heteroatoms. The van der Waals surface area contributed by atoms with Crippen LogP contribution in [0.15, 0.2) is 18.2 Å². The van der Waals surface area contributed by atoms with Crippen molar-refractivity contribution in [3.63, 3.8) is 0 Å². The number of carbonyl (C=O) groups excluding carboxylic acids is 1. The molecule has 2 aliphatic rings. The van der Waals surface area contributed by atoms with Gasteiger partial charge in [-0.15, -0.1) is 0 Å². The maximum Gasteiger partial charge on any atom is 0.179 e. The molecule has 17 heavy (non-hydrogen) atoms. The van der Waals surface area contributed by atoms with E-state index in [0.717, 1.165) is 50.1 Å². The summed E-state index contributed by atoms with van der Waals surface area (Å²) in [5, 5.41) is 3.25. The van der Waals surface area contributed by atoms with Gasteiger partial charge in [0.05, 0.1) is 12.6 Å². The topological polar surface area (TPSA) is 38.3 Å². The summed E-state index contributed by atoms with van der Waals surface area (Å²) in [6.45, 7) is 1.76. The summed E-state index contributed by atoms with van der Waals surface area (Å²) in [5.74, 6) is 1.18. The molecule has 2 heterocycles. The van der Waals surface area contributed by atoms with Crippen LogP contribution in [0.5, 0.6) is 5.75 Å². The van der Waals surface area contributed by atoms with E-state index in [2.05, 4.69) is 5.32 Å². The fourth-order valence-corrected chi connectivity index (χ4v) is 2.62. The molecule has 1 saturated heterocycles. The third kappa shape index (κ3) is 2.07. The summed E-state index contributed by atoms with van der Waals surface area (Å²) < 4.78 is 5.56. The van der Waals surface area contributed by atoms with Crippen LogP contribution in [-0.2, 0) is 6.42 Å². The van der Waals surface area contributed by atoms with E-state index < -0.39 is 0 Å². The maximum atomic E-state index is 12.2. The molecule has 0 aromatic heterocycles. The number of rotatable bonds is 2. The zero-order valence-corrected chi connectivity index (χ0v) is 9.87. The normalized spacial score (nSPS) is 22.9. The average molecular weight is 231 g/mol. The number of Topliss-reactive ketones (excluding diaryl/α,β-unsaturated/α-hetero) is 1. The Bertz CT molecular complexity index is 436. The van der Waals surface area contributed by atoms with E-state index in [1.807, 2.05) is 18.2 Å². The summed E-state index contributed by atoms with van der Waals surface area (Å²) in [4.78, 5) is 12.2. The van der Waals surface area contributed by atoms with E-state index in [1.165, 1.54) is 5.56 Å². The lowest BCUT2D eigenvalue weighted by Crippen LogP contribution is -2.30. The highest BCUT2D eigenvalue weighted by Gasteiger charge is 2.24. The van der Waals surface area contributed by atoms with Crippen LogP contribution in [0.25, 0.3) is 0 Å². The first-order chi connectivity index (χ1) is 8.34. The third-order valence-corrected chi connectivity index (χ3v) is 3.57. The third-order valence-electron chi connectivity index (χ3n) is 3.57. The van der Waals surface area contributed by atoms with E-state index in [1.54, 1.807) is 0 Å². The summed E-state index contributed by atoms with van der Waals surface area (Å²) in [5.41, 5.74) is 2.01. The second-order valence-electron chi connectivity index (χ2n) is 4.79. The summed E-state index contributed by atoms with van der Waals surface area (Å²) >= 11 is 0. The van der Waals surface area contributed by atoms with Crippen LogP contribution in [-0.4, -0.2) is 25.0 Å². The molecule has 1 aromatic carbocycles. The minimum Gasteiger partial charge on any atom is -0.493 e. The molecule has 0 amide bonds. The molecule has 1 N–H and O–H groups in total. The second-order valence-corrected chi connectivity index (χ2v) is 4.79. The van der Waals surface area contributed by atoms with E-state index in [0.29, 0.717) is 0 Å². The molecule has 0 bridgehead atoms. The van der Waals surface area contributed by atoms with Crippen molar-refractivity contribution in [3.8, 4) is 5.75 Å². The molecule has 0 aliphatic carbocycles. The van der Waals surface area contributed by atoms with Gasteiger partial charge in [-0.1, -0.05) is 0 Å². The summed E-state index contributed by atoms with van der Waals surface area (Å²) in [6.07, 6.45) is 4.14. The van der Waals surface area contributed by atoms with Crippen molar-refractivity contribution in [1.82, 2.24) is 5.32 Å².